The van der Waals surface area contributed by atoms with E-state index in [0.717, 1.165) is 18.9 Å². The standard InChI is InChI=1S/C11H10F3NO2/c12-11(13,14)17-9-4-2-1-3-8(9)15-10(16)7-5-6-7/h1-4,7H,5-6H2,(H,15,16). The number of anilines is 1. The van der Waals surface area contributed by atoms with Gasteiger partial charge in [-0.1, -0.05) is 12.1 Å². The van der Waals surface area contributed by atoms with Crippen molar-refractivity contribution >= 4 is 11.6 Å². The summed E-state index contributed by atoms with van der Waals surface area (Å²) in [5.41, 5.74) is 0.0433. The van der Waals surface area contributed by atoms with E-state index in [1.165, 1.54) is 18.2 Å². The molecule has 1 fully saturated rings. The quantitative estimate of drug-likeness (QED) is 0.889. The van der Waals surface area contributed by atoms with Gasteiger partial charge in [-0.15, -0.1) is 13.2 Å². The summed E-state index contributed by atoms with van der Waals surface area (Å²) in [6, 6.07) is 5.48. The van der Waals surface area contributed by atoms with E-state index in [9.17, 15) is 18.0 Å². The van der Waals surface area contributed by atoms with Crippen LogP contribution in [0.3, 0.4) is 0 Å². The summed E-state index contributed by atoms with van der Waals surface area (Å²) in [6.45, 7) is 0. The molecule has 0 radical (unpaired) electrons. The second-order valence-corrected chi connectivity index (χ2v) is 3.81. The number of carbonyl (C=O) groups excluding carboxylic acids is 1. The molecule has 0 aromatic heterocycles. The van der Waals surface area contributed by atoms with Gasteiger partial charge in [0.2, 0.25) is 5.91 Å². The van der Waals surface area contributed by atoms with Crippen LogP contribution in [0.2, 0.25) is 0 Å². The average Bonchev–Trinajstić information content (AvgIpc) is 3.02. The molecule has 17 heavy (non-hydrogen) atoms. The smallest absolute Gasteiger partial charge is 0.404 e. The number of alkyl halides is 3. The van der Waals surface area contributed by atoms with Crippen LogP contribution in [0.25, 0.3) is 0 Å². The van der Waals surface area contributed by atoms with Crippen molar-refractivity contribution in [3.05, 3.63) is 24.3 Å². The maximum atomic E-state index is 12.1. The van der Waals surface area contributed by atoms with Gasteiger partial charge in [0.25, 0.3) is 0 Å². The summed E-state index contributed by atoms with van der Waals surface area (Å²) in [5, 5.41) is 2.43. The maximum absolute atomic E-state index is 12.1. The van der Waals surface area contributed by atoms with Crippen LogP contribution in [0.5, 0.6) is 5.75 Å². The molecular formula is C11H10F3NO2. The largest absolute Gasteiger partial charge is 0.573 e. The first kappa shape index (κ1) is 11.8. The lowest BCUT2D eigenvalue weighted by molar-refractivity contribution is -0.274. The van der Waals surface area contributed by atoms with Crippen LogP contribution in [-0.2, 0) is 4.79 Å². The number of ether oxygens (including phenoxy) is 1. The lowest BCUT2D eigenvalue weighted by Crippen LogP contribution is -2.20. The molecule has 1 aromatic carbocycles. The van der Waals surface area contributed by atoms with Crippen molar-refractivity contribution in [1.82, 2.24) is 0 Å². The Kier molecular flexibility index (Phi) is 2.95. The van der Waals surface area contributed by atoms with Gasteiger partial charge in [-0.3, -0.25) is 4.79 Å². The molecule has 0 saturated heterocycles. The Morgan fingerprint density at radius 3 is 2.53 bits per heavy atom. The summed E-state index contributed by atoms with van der Waals surface area (Å²) in [7, 11) is 0. The molecule has 1 aromatic rings. The van der Waals surface area contributed by atoms with Crippen LogP contribution in [0.15, 0.2) is 24.3 Å². The average molecular weight is 245 g/mol. The van der Waals surface area contributed by atoms with Crippen molar-refractivity contribution < 1.29 is 22.7 Å². The van der Waals surface area contributed by atoms with Gasteiger partial charge in [0.1, 0.15) is 0 Å². The molecule has 3 nitrogen and oxygen atoms in total. The van der Waals surface area contributed by atoms with Crippen LogP contribution in [0.1, 0.15) is 12.8 Å². The van der Waals surface area contributed by atoms with E-state index in [4.69, 9.17) is 0 Å². The SMILES string of the molecule is O=C(Nc1ccccc1OC(F)(F)F)C1CC1. The third kappa shape index (κ3) is 3.37. The summed E-state index contributed by atoms with van der Waals surface area (Å²) in [4.78, 5) is 11.4. The number of benzene rings is 1. The van der Waals surface area contributed by atoms with E-state index in [1.807, 2.05) is 0 Å². The molecule has 1 aliphatic rings. The number of amides is 1. The van der Waals surface area contributed by atoms with Gasteiger partial charge in [-0.25, -0.2) is 0 Å². The minimum absolute atomic E-state index is 0.0433. The van der Waals surface area contributed by atoms with E-state index in [0.29, 0.717) is 0 Å². The van der Waals surface area contributed by atoms with Crippen LogP contribution in [0, 0.1) is 5.92 Å². The van der Waals surface area contributed by atoms with Gasteiger partial charge >= 0.3 is 6.36 Å². The van der Waals surface area contributed by atoms with E-state index in [2.05, 4.69) is 10.1 Å². The molecule has 0 unspecified atom stereocenters. The third-order valence-electron chi connectivity index (χ3n) is 2.32. The molecule has 0 aliphatic heterocycles. The highest BCUT2D eigenvalue weighted by Gasteiger charge is 2.33. The molecular weight excluding hydrogens is 235 g/mol. The summed E-state index contributed by atoms with van der Waals surface area (Å²) in [6.07, 6.45) is -3.19. The molecule has 0 spiro atoms. The molecule has 0 bridgehead atoms. The van der Waals surface area contributed by atoms with Gasteiger partial charge in [0.15, 0.2) is 5.75 Å². The van der Waals surface area contributed by atoms with E-state index >= 15 is 0 Å². The fourth-order valence-corrected chi connectivity index (χ4v) is 1.36. The zero-order valence-electron chi connectivity index (χ0n) is 8.75. The van der Waals surface area contributed by atoms with Crippen molar-refractivity contribution in [2.24, 2.45) is 5.92 Å². The predicted molar refractivity (Wildman–Crippen MR) is 54.5 cm³/mol. The zero-order chi connectivity index (χ0) is 12.5. The normalized spacial score (nSPS) is 15.5. The van der Waals surface area contributed by atoms with Gasteiger partial charge in [-0.2, -0.15) is 0 Å². The molecule has 2 rings (SSSR count). The first-order valence-electron chi connectivity index (χ1n) is 5.11. The fourth-order valence-electron chi connectivity index (χ4n) is 1.36. The van der Waals surface area contributed by atoms with Gasteiger partial charge in [0.05, 0.1) is 5.69 Å². The lowest BCUT2D eigenvalue weighted by atomic mass is 10.2. The summed E-state index contributed by atoms with van der Waals surface area (Å²) in [5.74, 6) is -0.730. The Balaban J connectivity index is 2.12. The molecule has 1 aliphatic carbocycles. The van der Waals surface area contributed by atoms with E-state index < -0.39 is 12.1 Å². The minimum atomic E-state index is -4.76. The first-order valence-corrected chi connectivity index (χ1v) is 5.11. The second kappa shape index (κ2) is 4.27. The molecule has 0 atom stereocenters. The fraction of sp³-hybridized carbons (Fsp3) is 0.364. The number of hydrogen-bond donors (Lipinski definition) is 1. The topological polar surface area (TPSA) is 38.3 Å². The number of para-hydroxylation sites is 2. The Morgan fingerprint density at radius 1 is 1.29 bits per heavy atom. The van der Waals surface area contributed by atoms with Crippen molar-refractivity contribution in [2.45, 2.75) is 19.2 Å². The number of nitrogens with one attached hydrogen (secondary N) is 1. The molecule has 6 heteroatoms. The van der Waals surface area contributed by atoms with Gasteiger partial charge in [0, 0.05) is 5.92 Å². The summed E-state index contributed by atoms with van der Waals surface area (Å²) < 4.78 is 40.1. The van der Waals surface area contributed by atoms with Crippen molar-refractivity contribution in [3.8, 4) is 5.75 Å². The Hall–Kier alpha value is -1.72. The number of carbonyl (C=O) groups is 1. The van der Waals surface area contributed by atoms with Crippen LogP contribution in [-0.4, -0.2) is 12.3 Å². The third-order valence-corrected chi connectivity index (χ3v) is 2.32. The highest BCUT2D eigenvalue weighted by molar-refractivity contribution is 5.95. The van der Waals surface area contributed by atoms with Gasteiger partial charge in [-0.05, 0) is 25.0 Å². The first-order chi connectivity index (χ1) is 7.96. The minimum Gasteiger partial charge on any atom is -0.404 e. The molecule has 1 N–H and O–H groups in total. The lowest BCUT2D eigenvalue weighted by Gasteiger charge is -2.13. The number of hydrogen-bond acceptors (Lipinski definition) is 2. The summed E-state index contributed by atoms with van der Waals surface area (Å²) >= 11 is 0. The Bertz CT molecular complexity index is 427. The highest BCUT2D eigenvalue weighted by atomic mass is 19.4. The van der Waals surface area contributed by atoms with Crippen LogP contribution >= 0.6 is 0 Å². The predicted octanol–water partition coefficient (Wildman–Crippen LogP) is 2.93. The maximum Gasteiger partial charge on any atom is 0.573 e. The Morgan fingerprint density at radius 2 is 1.94 bits per heavy atom. The molecule has 1 amide bonds. The zero-order valence-corrected chi connectivity index (χ0v) is 8.75. The molecule has 0 heterocycles. The Labute approximate surface area is 95.6 Å². The monoisotopic (exact) mass is 245 g/mol. The highest BCUT2D eigenvalue weighted by Crippen LogP contribution is 2.33. The van der Waals surface area contributed by atoms with Crippen molar-refractivity contribution in [2.75, 3.05) is 5.32 Å². The van der Waals surface area contributed by atoms with E-state index in [1.54, 1.807) is 0 Å². The van der Waals surface area contributed by atoms with E-state index in [-0.39, 0.29) is 17.5 Å². The van der Waals surface area contributed by atoms with Crippen molar-refractivity contribution in [1.29, 1.82) is 0 Å². The van der Waals surface area contributed by atoms with Crippen LogP contribution in [0.4, 0.5) is 18.9 Å². The molecule has 1 saturated carbocycles. The van der Waals surface area contributed by atoms with Crippen molar-refractivity contribution in [3.63, 3.8) is 0 Å². The molecule has 92 valence electrons. The second-order valence-electron chi connectivity index (χ2n) is 3.81. The number of halogens is 3. The van der Waals surface area contributed by atoms with Crippen LogP contribution < -0.4 is 10.1 Å². The number of rotatable bonds is 3. The van der Waals surface area contributed by atoms with Gasteiger partial charge < -0.3 is 10.1 Å².